The van der Waals surface area contributed by atoms with E-state index < -0.39 is 65.3 Å². The Labute approximate surface area is 198 Å². The van der Waals surface area contributed by atoms with Crippen LogP contribution in [-0.2, 0) is 24.6 Å². The summed E-state index contributed by atoms with van der Waals surface area (Å²) in [6.07, 6.45) is 1.03. The molecule has 0 unspecified atom stereocenters. The second-order valence-corrected chi connectivity index (χ2v) is 8.38. The molecular formula is C23H24N2O10. The van der Waals surface area contributed by atoms with Crippen molar-refractivity contribution in [1.82, 2.24) is 10.6 Å². The van der Waals surface area contributed by atoms with E-state index >= 15 is 0 Å². The first-order valence-electron chi connectivity index (χ1n) is 10.4. The van der Waals surface area contributed by atoms with E-state index in [0.717, 1.165) is 6.08 Å². The number of rotatable bonds is 7. The highest BCUT2D eigenvalue weighted by atomic mass is 16.5. The number of aliphatic hydroxyl groups is 1. The standard InChI is InChI=1S/C23H24N2O10/c1-8-18(30)16(10(3)27)20-17(19(8)31)23(4)13(35-20)5-12(28)15(21(23)32)9(2)24-6-14(29)25-11(7-26)22(33)34/h5,11,24,26,30-31H,6-7H2,1-4H3,(H,25,29)(H,33,34)/b15-9+/t11-,23-/m0/s1. The van der Waals surface area contributed by atoms with Gasteiger partial charge < -0.3 is 35.8 Å². The summed E-state index contributed by atoms with van der Waals surface area (Å²) in [6, 6.07) is -1.52. The molecule has 1 aromatic rings. The maximum absolute atomic E-state index is 13.6. The van der Waals surface area contributed by atoms with Gasteiger partial charge in [0.15, 0.2) is 17.3 Å². The number of fused-ring (bicyclic) bond motifs is 3. The van der Waals surface area contributed by atoms with E-state index in [1.807, 2.05) is 0 Å². The summed E-state index contributed by atoms with van der Waals surface area (Å²) in [6.45, 7) is 3.97. The van der Waals surface area contributed by atoms with Gasteiger partial charge in [-0.05, 0) is 27.7 Å². The normalized spacial score (nSPS) is 20.8. The first-order chi connectivity index (χ1) is 16.3. The van der Waals surface area contributed by atoms with Crippen LogP contribution in [0.2, 0.25) is 0 Å². The highest BCUT2D eigenvalue weighted by Crippen LogP contribution is 2.57. The summed E-state index contributed by atoms with van der Waals surface area (Å²) in [5, 5.41) is 43.8. The fourth-order valence-corrected chi connectivity index (χ4v) is 4.09. The van der Waals surface area contributed by atoms with E-state index in [2.05, 4.69) is 10.6 Å². The molecule has 0 radical (unpaired) electrons. The molecule has 12 nitrogen and oxygen atoms in total. The molecule has 0 fully saturated rings. The van der Waals surface area contributed by atoms with E-state index in [4.69, 9.17) is 14.9 Å². The molecule has 186 valence electrons. The van der Waals surface area contributed by atoms with E-state index in [9.17, 15) is 34.2 Å². The number of amides is 1. The van der Waals surface area contributed by atoms with Crippen molar-refractivity contribution in [3.63, 3.8) is 0 Å². The minimum Gasteiger partial charge on any atom is -0.507 e. The zero-order valence-electron chi connectivity index (χ0n) is 19.3. The molecule has 0 aromatic heterocycles. The molecule has 0 saturated heterocycles. The summed E-state index contributed by atoms with van der Waals surface area (Å²) in [5.74, 6) is -5.69. The van der Waals surface area contributed by atoms with Crippen molar-refractivity contribution >= 4 is 29.2 Å². The highest BCUT2D eigenvalue weighted by Gasteiger charge is 2.56. The number of Topliss-reactive ketones (excluding diaryl/α,β-unsaturated/α-hetero) is 2. The van der Waals surface area contributed by atoms with Gasteiger partial charge >= 0.3 is 5.97 Å². The SMILES string of the molecule is CC(=O)c1c(O)c(C)c(O)c2c1OC1=CC(=O)/C(=C(/C)NCC(=O)N[C@@H](CO)C(=O)O)C(=O)[C@@]12C. The number of aliphatic carboxylic acids is 1. The number of ether oxygens (including phenoxy) is 1. The number of aromatic hydroxyl groups is 2. The van der Waals surface area contributed by atoms with Crippen LogP contribution < -0.4 is 15.4 Å². The van der Waals surface area contributed by atoms with Gasteiger partial charge in [-0.25, -0.2) is 4.79 Å². The molecule has 1 aliphatic heterocycles. The number of carbonyl (C=O) groups is 5. The molecule has 12 heteroatoms. The van der Waals surface area contributed by atoms with Gasteiger partial charge in [0, 0.05) is 17.3 Å². The molecule has 35 heavy (non-hydrogen) atoms. The van der Waals surface area contributed by atoms with Crippen LogP contribution in [-0.4, -0.2) is 68.8 Å². The van der Waals surface area contributed by atoms with Crippen molar-refractivity contribution in [3.8, 4) is 17.2 Å². The molecule has 0 spiro atoms. The van der Waals surface area contributed by atoms with Crippen molar-refractivity contribution in [3.05, 3.63) is 39.8 Å². The predicted molar refractivity (Wildman–Crippen MR) is 118 cm³/mol. The smallest absolute Gasteiger partial charge is 0.328 e. The number of hydrogen-bond acceptors (Lipinski definition) is 10. The lowest BCUT2D eigenvalue weighted by atomic mass is 9.70. The zero-order valence-corrected chi connectivity index (χ0v) is 19.3. The molecule has 1 amide bonds. The molecule has 1 aromatic carbocycles. The molecule has 1 heterocycles. The number of carboxylic acid groups (broad SMARTS) is 1. The molecule has 0 bridgehead atoms. The maximum atomic E-state index is 13.6. The first kappa shape index (κ1) is 25.4. The van der Waals surface area contributed by atoms with Crippen molar-refractivity contribution in [1.29, 1.82) is 0 Å². The van der Waals surface area contributed by atoms with Gasteiger partial charge in [-0.3, -0.25) is 19.2 Å². The Morgan fingerprint density at radius 2 is 1.77 bits per heavy atom. The number of ketones is 3. The van der Waals surface area contributed by atoms with E-state index in [0.29, 0.717) is 0 Å². The Morgan fingerprint density at radius 1 is 1.14 bits per heavy atom. The fraction of sp³-hybridized carbons (Fsp3) is 0.348. The topological polar surface area (TPSA) is 200 Å². The van der Waals surface area contributed by atoms with Gasteiger partial charge in [0.2, 0.25) is 5.91 Å². The highest BCUT2D eigenvalue weighted by molar-refractivity contribution is 6.31. The van der Waals surface area contributed by atoms with Crippen LogP contribution in [0.25, 0.3) is 0 Å². The molecule has 6 N–H and O–H groups in total. The third-order valence-electron chi connectivity index (χ3n) is 6.09. The Bertz CT molecular complexity index is 1260. The largest absolute Gasteiger partial charge is 0.507 e. The minimum absolute atomic E-state index is 0.00206. The minimum atomic E-state index is -1.71. The molecule has 3 rings (SSSR count). The third kappa shape index (κ3) is 3.91. The van der Waals surface area contributed by atoms with E-state index in [1.165, 1.54) is 27.7 Å². The Morgan fingerprint density at radius 3 is 2.31 bits per heavy atom. The van der Waals surface area contributed by atoms with Gasteiger partial charge in [-0.1, -0.05) is 0 Å². The van der Waals surface area contributed by atoms with Gasteiger partial charge in [0.25, 0.3) is 0 Å². The summed E-state index contributed by atoms with van der Waals surface area (Å²) in [4.78, 5) is 61.6. The maximum Gasteiger partial charge on any atom is 0.328 e. The van der Waals surface area contributed by atoms with Crippen molar-refractivity contribution < 1.29 is 49.1 Å². The second-order valence-electron chi connectivity index (χ2n) is 8.38. The summed E-state index contributed by atoms with van der Waals surface area (Å²) in [7, 11) is 0. The zero-order chi connectivity index (χ0) is 26.4. The monoisotopic (exact) mass is 488 g/mol. The average Bonchev–Trinajstić information content (AvgIpc) is 3.07. The second kappa shape index (κ2) is 8.87. The number of nitrogens with one attached hydrogen (secondary N) is 2. The number of phenols is 2. The van der Waals surface area contributed by atoms with Crippen LogP contribution in [0.3, 0.4) is 0 Å². The lowest BCUT2D eigenvalue weighted by Crippen LogP contribution is -2.47. The number of aliphatic hydroxyl groups excluding tert-OH is 1. The molecule has 2 aliphatic rings. The number of allylic oxidation sites excluding steroid dienone is 4. The lowest BCUT2D eigenvalue weighted by molar-refractivity contribution is -0.142. The number of hydrogen-bond donors (Lipinski definition) is 6. The summed E-state index contributed by atoms with van der Waals surface area (Å²) < 4.78 is 5.66. The van der Waals surface area contributed by atoms with E-state index in [1.54, 1.807) is 0 Å². The summed E-state index contributed by atoms with van der Waals surface area (Å²) >= 11 is 0. The van der Waals surface area contributed by atoms with Crippen LogP contribution in [0.15, 0.2) is 23.1 Å². The Kier molecular flexibility index (Phi) is 6.45. The van der Waals surface area contributed by atoms with Crippen LogP contribution in [0.1, 0.15) is 42.3 Å². The van der Waals surface area contributed by atoms with Gasteiger partial charge in [0.05, 0.1) is 24.3 Å². The number of benzene rings is 1. The quantitative estimate of drug-likeness (QED) is 0.167. The number of phenolic OH excluding ortho intramolecular Hbond substituents is 2. The van der Waals surface area contributed by atoms with Crippen LogP contribution in [0.5, 0.6) is 17.2 Å². The van der Waals surface area contributed by atoms with Gasteiger partial charge in [0.1, 0.15) is 40.0 Å². The molecule has 1 aliphatic carbocycles. The molecule has 2 atom stereocenters. The van der Waals surface area contributed by atoms with Crippen molar-refractivity contribution in [2.24, 2.45) is 0 Å². The number of carboxylic acids is 1. The molecule has 0 saturated carbocycles. The Hall–Kier alpha value is -4.19. The third-order valence-corrected chi connectivity index (χ3v) is 6.09. The van der Waals surface area contributed by atoms with Crippen molar-refractivity contribution in [2.75, 3.05) is 13.2 Å². The fourth-order valence-electron chi connectivity index (χ4n) is 4.09. The van der Waals surface area contributed by atoms with Crippen LogP contribution in [0, 0.1) is 6.92 Å². The van der Waals surface area contributed by atoms with E-state index in [-0.39, 0.29) is 39.5 Å². The first-order valence-corrected chi connectivity index (χ1v) is 10.4. The number of carbonyl (C=O) groups excluding carboxylic acids is 4. The Balaban J connectivity index is 2.02. The van der Waals surface area contributed by atoms with Crippen LogP contribution in [0.4, 0.5) is 0 Å². The summed E-state index contributed by atoms with van der Waals surface area (Å²) in [5.41, 5.74) is -2.40. The lowest BCUT2D eigenvalue weighted by Gasteiger charge is -2.29. The van der Waals surface area contributed by atoms with Gasteiger partial charge in [-0.2, -0.15) is 0 Å². The molecular weight excluding hydrogens is 464 g/mol. The predicted octanol–water partition coefficient (Wildman–Crippen LogP) is -0.280. The average molecular weight is 488 g/mol. The van der Waals surface area contributed by atoms with Gasteiger partial charge in [-0.15, -0.1) is 0 Å². The van der Waals surface area contributed by atoms with Crippen molar-refractivity contribution in [2.45, 2.75) is 39.2 Å². The van der Waals surface area contributed by atoms with Crippen LogP contribution >= 0.6 is 0 Å².